The SMILES string of the molecule is CON/C=C\C(=C/CN1CCC2(CC1)COc1c(C#N)cccc12)[N+](=O)[O-]. The standard InChI is InChI=1S/C19H22N4O4/c1-26-21-9-5-16(23(24)25)6-10-22-11-7-19(8-12-22)14-27-18-15(13-20)3-2-4-17(18)19/h2-6,9,21H,7-8,10-12,14H2,1H3/b9-5-,16-6+. The first kappa shape index (κ1) is 18.9. The van der Waals surface area contributed by atoms with E-state index in [1.807, 2.05) is 6.07 Å². The van der Waals surface area contributed by atoms with Crippen molar-refractivity contribution in [2.45, 2.75) is 18.3 Å². The summed E-state index contributed by atoms with van der Waals surface area (Å²) >= 11 is 0. The first-order valence-corrected chi connectivity index (χ1v) is 8.78. The Morgan fingerprint density at radius 2 is 2.30 bits per heavy atom. The van der Waals surface area contributed by atoms with Gasteiger partial charge in [-0.3, -0.25) is 25.3 Å². The Labute approximate surface area is 157 Å². The number of fused-ring (bicyclic) bond motifs is 2. The first-order valence-electron chi connectivity index (χ1n) is 8.78. The van der Waals surface area contributed by atoms with Crippen LogP contribution in [0.25, 0.3) is 0 Å². The van der Waals surface area contributed by atoms with Crippen LogP contribution in [0.3, 0.4) is 0 Å². The van der Waals surface area contributed by atoms with Crippen LogP contribution >= 0.6 is 0 Å². The number of hydrogen-bond donors (Lipinski definition) is 1. The predicted molar refractivity (Wildman–Crippen MR) is 98.4 cm³/mol. The third-order valence-corrected chi connectivity index (χ3v) is 5.22. The van der Waals surface area contributed by atoms with Crippen LogP contribution in [-0.2, 0) is 10.3 Å². The molecule has 0 unspecified atom stereocenters. The number of nitro groups is 1. The van der Waals surface area contributed by atoms with Crippen molar-refractivity contribution in [1.29, 1.82) is 5.26 Å². The number of benzene rings is 1. The number of hydroxylamine groups is 1. The maximum Gasteiger partial charge on any atom is 0.268 e. The van der Waals surface area contributed by atoms with Crippen LogP contribution in [0, 0.1) is 21.4 Å². The minimum Gasteiger partial charge on any atom is -0.491 e. The molecule has 1 fully saturated rings. The Balaban J connectivity index is 1.64. The molecule has 1 N–H and O–H groups in total. The average molecular weight is 370 g/mol. The highest BCUT2D eigenvalue weighted by Gasteiger charge is 2.43. The molecule has 0 saturated carbocycles. The molecule has 0 amide bonds. The molecule has 1 aromatic rings. The summed E-state index contributed by atoms with van der Waals surface area (Å²) in [5.74, 6) is 0.722. The smallest absolute Gasteiger partial charge is 0.268 e. The molecule has 2 aliphatic rings. The molecule has 0 bridgehead atoms. The molecule has 0 radical (unpaired) electrons. The van der Waals surface area contributed by atoms with Gasteiger partial charge in [0.2, 0.25) is 0 Å². The van der Waals surface area contributed by atoms with E-state index >= 15 is 0 Å². The van der Waals surface area contributed by atoms with Gasteiger partial charge >= 0.3 is 0 Å². The van der Waals surface area contributed by atoms with Gasteiger partial charge < -0.3 is 4.74 Å². The van der Waals surface area contributed by atoms with Crippen LogP contribution < -0.4 is 10.2 Å². The van der Waals surface area contributed by atoms with Crippen LogP contribution in [0.2, 0.25) is 0 Å². The molecule has 0 atom stereocenters. The van der Waals surface area contributed by atoms with E-state index in [0.29, 0.717) is 18.7 Å². The lowest BCUT2D eigenvalue weighted by molar-refractivity contribution is -0.419. The molecular formula is C19H22N4O4. The second kappa shape index (κ2) is 8.20. The minimum absolute atomic E-state index is 0.0213. The van der Waals surface area contributed by atoms with Crippen molar-refractivity contribution in [2.24, 2.45) is 0 Å². The third kappa shape index (κ3) is 3.94. The normalized spacial score (nSPS) is 18.9. The zero-order valence-electron chi connectivity index (χ0n) is 15.2. The fraction of sp³-hybridized carbons (Fsp3) is 0.421. The van der Waals surface area contributed by atoms with Gasteiger partial charge in [0, 0.05) is 35.9 Å². The van der Waals surface area contributed by atoms with Gasteiger partial charge in [0.25, 0.3) is 5.70 Å². The van der Waals surface area contributed by atoms with Gasteiger partial charge in [-0.15, -0.1) is 0 Å². The minimum atomic E-state index is -0.413. The first-order chi connectivity index (χ1) is 13.1. The highest BCUT2D eigenvalue weighted by atomic mass is 16.6. The molecule has 3 rings (SSSR count). The molecule has 8 heteroatoms. The molecule has 27 heavy (non-hydrogen) atoms. The molecule has 2 heterocycles. The number of ether oxygens (including phenoxy) is 1. The lowest BCUT2D eigenvalue weighted by Gasteiger charge is -2.38. The van der Waals surface area contributed by atoms with Crippen molar-refractivity contribution in [3.63, 3.8) is 0 Å². The number of rotatable bonds is 6. The number of piperidine rings is 1. The van der Waals surface area contributed by atoms with E-state index in [-0.39, 0.29) is 11.1 Å². The maximum absolute atomic E-state index is 11.1. The largest absolute Gasteiger partial charge is 0.491 e. The second-order valence-corrected chi connectivity index (χ2v) is 6.71. The lowest BCUT2D eigenvalue weighted by atomic mass is 9.74. The Hall–Kier alpha value is -2.89. The van der Waals surface area contributed by atoms with Crippen molar-refractivity contribution in [3.8, 4) is 11.8 Å². The number of allylic oxidation sites excluding steroid dienone is 1. The van der Waals surface area contributed by atoms with Gasteiger partial charge in [0.1, 0.15) is 11.8 Å². The summed E-state index contributed by atoms with van der Waals surface area (Å²) in [5.41, 5.74) is 4.12. The summed E-state index contributed by atoms with van der Waals surface area (Å²) in [6, 6.07) is 7.94. The zero-order chi connectivity index (χ0) is 19.3. The van der Waals surface area contributed by atoms with Gasteiger partial charge in [0.05, 0.1) is 24.2 Å². The van der Waals surface area contributed by atoms with Crippen LogP contribution in [0.1, 0.15) is 24.0 Å². The summed E-state index contributed by atoms with van der Waals surface area (Å²) < 4.78 is 5.86. The number of nitriles is 1. The molecule has 8 nitrogen and oxygen atoms in total. The molecule has 1 aromatic carbocycles. The van der Waals surface area contributed by atoms with E-state index in [9.17, 15) is 15.4 Å². The fourth-order valence-electron chi connectivity index (χ4n) is 3.68. The lowest BCUT2D eigenvalue weighted by Crippen LogP contribution is -2.43. The Kier molecular flexibility index (Phi) is 5.74. The molecule has 0 aliphatic carbocycles. The van der Waals surface area contributed by atoms with Gasteiger partial charge in [-0.25, -0.2) is 0 Å². The van der Waals surface area contributed by atoms with Crippen molar-refractivity contribution < 1.29 is 14.5 Å². The summed E-state index contributed by atoms with van der Waals surface area (Å²) in [7, 11) is 1.44. The quantitative estimate of drug-likeness (QED) is 0.465. The van der Waals surface area contributed by atoms with Crippen LogP contribution in [0.4, 0.5) is 0 Å². The van der Waals surface area contributed by atoms with Gasteiger partial charge in [0.15, 0.2) is 0 Å². The highest BCUT2D eigenvalue weighted by Crippen LogP contribution is 2.46. The second-order valence-electron chi connectivity index (χ2n) is 6.71. The molecule has 1 spiro atoms. The van der Waals surface area contributed by atoms with Gasteiger partial charge in [-0.05, 0) is 32.0 Å². The monoisotopic (exact) mass is 370 g/mol. The van der Waals surface area contributed by atoms with E-state index in [4.69, 9.17) is 4.74 Å². The molecule has 1 saturated heterocycles. The predicted octanol–water partition coefficient (Wildman–Crippen LogP) is 2.11. The maximum atomic E-state index is 11.1. The molecule has 142 valence electrons. The number of nitrogens with zero attached hydrogens (tertiary/aromatic N) is 3. The van der Waals surface area contributed by atoms with E-state index < -0.39 is 4.92 Å². The summed E-state index contributed by atoms with van der Waals surface area (Å²) in [6.07, 6.45) is 6.17. The van der Waals surface area contributed by atoms with Crippen molar-refractivity contribution in [3.05, 3.63) is 63.5 Å². The molecule has 2 aliphatic heterocycles. The van der Waals surface area contributed by atoms with Crippen molar-refractivity contribution in [2.75, 3.05) is 33.4 Å². The van der Waals surface area contributed by atoms with Crippen LogP contribution in [-0.4, -0.2) is 43.2 Å². The number of likely N-dealkylation sites (tertiary alicyclic amines) is 1. The Bertz CT molecular complexity index is 804. The summed E-state index contributed by atoms with van der Waals surface area (Å²) in [4.78, 5) is 17.5. The molecular weight excluding hydrogens is 348 g/mol. The summed E-state index contributed by atoms with van der Waals surface area (Å²) in [6.45, 7) is 2.74. The zero-order valence-corrected chi connectivity index (χ0v) is 15.2. The Morgan fingerprint density at radius 1 is 1.52 bits per heavy atom. The van der Waals surface area contributed by atoms with Crippen molar-refractivity contribution in [1.82, 2.24) is 10.4 Å². The third-order valence-electron chi connectivity index (χ3n) is 5.22. The van der Waals surface area contributed by atoms with Crippen LogP contribution in [0.5, 0.6) is 5.75 Å². The van der Waals surface area contributed by atoms with E-state index in [0.717, 1.165) is 37.2 Å². The van der Waals surface area contributed by atoms with Crippen molar-refractivity contribution >= 4 is 0 Å². The highest BCUT2D eigenvalue weighted by molar-refractivity contribution is 5.54. The summed E-state index contributed by atoms with van der Waals surface area (Å²) in [5, 5.41) is 20.4. The number of hydrogen-bond acceptors (Lipinski definition) is 7. The topological polar surface area (TPSA) is 101 Å². The van der Waals surface area contributed by atoms with Gasteiger partial charge in [-0.2, -0.15) is 5.26 Å². The number of nitrogens with one attached hydrogen (secondary N) is 1. The molecule has 0 aromatic heterocycles. The van der Waals surface area contributed by atoms with E-state index in [1.165, 1.54) is 19.4 Å². The van der Waals surface area contributed by atoms with Crippen LogP contribution in [0.15, 0.2) is 42.2 Å². The van der Waals surface area contributed by atoms with E-state index in [2.05, 4.69) is 27.4 Å². The average Bonchev–Trinajstić information content (AvgIpc) is 3.04. The number of para-hydroxylation sites is 1. The Morgan fingerprint density at radius 3 is 2.96 bits per heavy atom. The van der Waals surface area contributed by atoms with E-state index in [1.54, 1.807) is 12.1 Å². The van der Waals surface area contributed by atoms with Gasteiger partial charge in [-0.1, -0.05) is 12.1 Å². The fourth-order valence-corrected chi connectivity index (χ4v) is 3.68.